The molecule has 0 bridgehead atoms. The summed E-state index contributed by atoms with van der Waals surface area (Å²) in [4.78, 5) is 9.58. The first kappa shape index (κ1) is 14.6. The molecule has 4 rings (SSSR count). The van der Waals surface area contributed by atoms with Gasteiger partial charge in [-0.1, -0.05) is 29.8 Å². The zero-order valence-corrected chi connectivity index (χ0v) is 13.7. The largest absolute Gasteiger partial charge is 0.382 e. The summed E-state index contributed by atoms with van der Waals surface area (Å²) in [5, 5.41) is 13.9. The van der Waals surface area contributed by atoms with Gasteiger partial charge in [-0.3, -0.25) is 0 Å². The number of halogens is 1. The lowest BCUT2D eigenvalue weighted by molar-refractivity contribution is 0.863. The molecular formula is C16H9ClN6S. The van der Waals surface area contributed by atoms with E-state index < -0.39 is 0 Å². The lowest BCUT2D eigenvalue weighted by Gasteiger charge is -2.03. The van der Waals surface area contributed by atoms with E-state index in [9.17, 15) is 0 Å². The molecular weight excluding hydrogens is 344 g/mol. The Bertz CT molecular complexity index is 1110. The quantitative estimate of drug-likeness (QED) is 0.594. The minimum atomic E-state index is 0.255. The van der Waals surface area contributed by atoms with Crippen molar-refractivity contribution in [1.82, 2.24) is 19.7 Å². The number of anilines is 1. The number of fused-ring (bicyclic) bond motifs is 1. The molecule has 0 unspecified atom stereocenters. The van der Waals surface area contributed by atoms with Crippen molar-refractivity contribution in [1.29, 1.82) is 5.26 Å². The molecule has 0 spiro atoms. The molecule has 0 amide bonds. The number of thiophene rings is 1. The molecule has 6 nitrogen and oxygen atoms in total. The zero-order chi connectivity index (χ0) is 16.7. The number of benzene rings is 1. The maximum Gasteiger partial charge on any atom is 0.176 e. The Kier molecular flexibility index (Phi) is 3.41. The number of nitriles is 1. The Balaban J connectivity index is 1.94. The van der Waals surface area contributed by atoms with Crippen molar-refractivity contribution in [3.63, 3.8) is 0 Å². The number of hydrogen-bond acceptors (Lipinski definition) is 6. The van der Waals surface area contributed by atoms with Crippen LogP contribution in [0.4, 0.5) is 5.82 Å². The van der Waals surface area contributed by atoms with E-state index in [4.69, 9.17) is 22.6 Å². The second-order valence-corrected chi connectivity index (χ2v) is 6.43. The van der Waals surface area contributed by atoms with Crippen molar-refractivity contribution in [3.05, 3.63) is 53.4 Å². The van der Waals surface area contributed by atoms with E-state index in [1.165, 1.54) is 28.5 Å². The van der Waals surface area contributed by atoms with Crippen LogP contribution < -0.4 is 5.73 Å². The Labute approximate surface area is 145 Å². The topological polar surface area (TPSA) is 93.4 Å². The predicted octanol–water partition coefficient (Wildman–Crippen LogP) is 3.65. The van der Waals surface area contributed by atoms with Crippen molar-refractivity contribution < 1.29 is 0 Å². The van der Waals surface area contributed by atoms with Gasteiger partial charge in [0.15, 0.2) is 5.82 Å². The third-order valence-electron chi connectivity index (χ3n) is 3.56. The fourth-order valence-electron chi connectivity index (χ4n) is 2.40. The summed E-state index contributed by atoms with van der Waals surface area (Å²) in [5.74, 6) is 0.799. The summed E-state index contributed by atoms with van der Waals surface area (Å²) in [6, 6.07) is 11.6. The number of rotatable bonds is 2. The van der Waals surface area contributed by atoms with Gasteiger partial charge in [0.05, 0.1) is 16.4 Å². The number of nitrogens with two attached hydrogens (primary N) is 1. The molecule has 0 fully saturated rings. The fraction of sp³-hybridized carbons (Fsp3) is 0. The standard InChI is InChI=1S/C16H9ClN6S/c17-11-4-2-1-3-10(11)13-5-12-14(24-13)16(21-8-20-12)23-15(19)9(6-18)7-22-23/h1-5,7-8H,19H2. The Morgan fingerprint density at radius 2 is 2.08 bits per heavy atom. The molecule has 4 aromatic rings. The molecule has 116 valence electrons. The highest BCUT2D eigenvalue weighted by molar-refractivity contribution is 7.22. The number of hydrogen-bond donors (Lipinski definition) is 1. The predicted molar refractivity (Wildman–Crippen MR) is 94.1 cm³/mol. The normalized spacial score (nSPS) is 10.8. The van der Waals surface area contributed by atoms with Gasteiger partial charge >= 0.3 is 0 Å². The van der Waals surface area contributed by atoms with Crippen LogP contribution in [0.1, 0.15) is 5.56 Å². The fourth-order valence-corrected chi connectivity index (χ4v) is 3.82. The van der Waals surface area contributed by atoms with Crippen LogP contribution in [-0.4, -0.2) is 19.7 Å². The first-order valence-electron chi connectivity index (χ1n) is 6.92. The van der Waals surface area contributed by atoms with Gasteiger partial charge in [-0.25, -0.2) is 9.97 Å². The monoisotopic (exact) mass is 352 g/mol. The molecule has 0 aliphatic heterocycles. The van der Waals surface area contributed by atoms with E-state index in [2.05, 4.69) is 15.1 Å². The van der Waals surface area contributed by atoms with Crippen LogP contribution in [0.25, 0.3) is 26.5 Å². The van der Waals surface area contributed by atoms with Gasteiger partial charge in [-0.2, -0.15) is 15.0 Å². The molecule has 0 aliphatic rings. The molecule has 0 saturated heterocycles. The maximum absolute atomic E-state index is 9.05. The highest BCUT2D eigenvalue weighted by atomic mass is 35.5. The summed E-state index contributed by atoms with van der Waals surface area (Å²) in [6.07, 6.45) is 2.87. The van der Waals surface area contributed by atoms with Crippen molar-refractivity contribution in [3.8, 4) is 22.3 Å². The molecule has 24 heavy (non-hydrogen) atoms. The van der Waals surface area contributed by atoms with E-state index >= 15 is 0 Å². The van der Waals surface area contributed by atoms with Crippen LogP contribution >= 0.6 is 22.9 Å². The third kappa shape index (κ3) is 2.21. The first-order chi connectivity index (χ1) is 11.7. The van der Waals surface area contributed by atoms with Crippen molar-refractivity contribution in [2.45, 2.75) is 0 Å². The van der Waals surface area contributed by atoms with Crippen LogP contribution in [-0.2, 0) is 0 Å². The molecule has 1 aromatic carbocycles. The van der Waals surface area contributed by atoms with Crippen LogP contribution in [0.2, 0.25) is 5.02 Å². The van der Waals surface area contributed by atoms with Crippen molar-refractivity contribution in [2.24, 2.45) is 0 Å². The van der Waals surface area contributed by atoms with E-state index in [0.717, 1.165) is 20.7 Å². The van der Waals surface area contributed by atoms with Crippen molar-refractivity contribution in [2.75, 3.05) is 5.73 Å². The van der Waals surface area contributed by atoms with E-state index in [0.29, 0.717) is 16.4 Å². The van der Waals surface area contributed by atoms with Gasteiger partial charge in [0, 0.05) is 15.5 Å². The number of aromatic nitrogens is 4. The van der Waals surface area contributed by atoms with Crippen LogP contribution in [0.5, 0.6) is 0 Å². The molecule has 0 saturated carbocycles. The molecule has 0 atom stereocenters. The minimum Gasteiger partial charge on any atom is -0.382 e. The molecule has 3 aromatic heterocycles. The lowest BCUT2D eigenvalue weighted by Crippen LogP contribution is -2.05. The van der Waals surface area contributed by atoms with Gasteiger partial charge < -0.3 is 5.73 Å². The number of nitrogen functional groups attached to an aromatic ring is 1. The summed E-state index contributed by atoms with van der Waals surface area (Å²) in [6.45, 7) is 0. The third-order valence-corrected chi connectivity index (χ3v) is 5.04. The van der Waals surface area contributed by atoms with Gasteiger partial charge in [0.2, 0.25) is 0 Å². The summed E-state index contributed by atoms with van der Waals surface area (Å²) < 4.78 is 2.28. The smallest absolute Gasteiger partial charge is 0.176 e. The van der Waals surface area contributed by atoms with Crippen LogP contribution in [0, 0.1) is 11.3 Å². The van der Waals surface area contributed by atoms with Gasteiger partial charge in [0.1, 0.15) is 23.8 Å². The lowest BCUT2D eigenvalue weighted by atomic mass is 10.2. The summed E-state index contributed by atoms with van der Waals surface area (Å²) in [7, 11) is 0. The molecule has 8 heteroatoms. The van der Waals surface area contributed by atoms with Gasteiger partial charge in [0.25, 0.3) is 0 Å². The molecule has 3 heterocycles. The van der Waals surface area contributed by atoms with E-state index in [1.54, 1.807) is 0 Å². The second kappa shape index (κ2) is 5.60. The molecule has 0 radical (unpaired) electrons. The SMILES string of the molecule is N#Cc1cnn(-c2ncnc3cc(-c4ccccc4Cl)sc23)c1N. The molecule has 0 aliphatic carbocycles. The highest BCUT2D eigenvalue weighted by Gasteiger charge is 2.16. The van der Waals surface area contributed by atoms with Gasteiger partial charge in [-0.05, 0) is 12.1 Å². The molecule has 2 N–H and O–H groups in total. The second-order valence-electron chi connectivity index (χ2n) is 4.97. The average Bonchev–Trinajstić information content (AvgIpc) is 3.18. The Morgan fingerprint density at radius 3 is 2.83 bits per heavy atom. The maximum atomic E-state index is 9.05. The first-order valence-corrected chi connectivity index (χ1v) is 8.12. The van der Waals surface area contributed by atoms with Crippen LogP contribution in [0.3, 0.4) is 0 Å². The summed E-state index contributed by atoms with van der Waals surface area (Å²) in [5.41, 5.74) is 7.99. The summed E-state index contributed by atoms with van der Waals surface area (Å²) >= 11 is 7.79. The van der Waals surface area contributed by atoms with E-state index in [1.807, 2.05) is 36.4 Å². The minimum absolute atomic E-state index is 0.255. The van der Waals surface area contributed by atoms with E-state index in [-0.39, 0.29) is 5.82 Å². The van der Waals surface area contributed by atoms with Crippen molar-refractivity contribution >= 4 is 39.0 Å². The van der Waals surface area contributed by atoms with Gasteiger partial charge in [-0.15, -0.1) is 11.3 Å². The Morgan fingerprint density at radius 1 is 1.25 bits per heavy atom. The zero-order valence-electron chi connectivity index (χ0n) is 12.1. The van der Waals surface area contributed by atoms with Crippen LogP contribution in [0.15, 0.2) is 42.9 Å². The average molecular weight is 353 g/mol. The number of nitrogens with zero attached hydrogens (tertiary/aromatic N) is 5. The Hall–Kier alpha value is -2.95. The highest BCUT2D eigenvalue weighted by Crippen LogP contribution is 2.38.